The van der Waals surface area contributed by atoms with Crippen LogP contribution in [0.15, 0.2) is 18.2 Å². The summed E-state index contributed by atoms with van der Waals surface area (Å²) in [5.41, 5.74) is 0.490. The van der Waals surface area contributed by atoms with Crippen LogP contribution in [0.3, 0.4) is 0 Å². The summed E-state index contributed by atoms with van der Waals surface area (Å²) in [6.45, 7) is 0.883. The van der Waals surface area contributed by atoms with E-state index >= 15 is 0 Å². The standard InChI is InChI=1S/C11H12Cl2N2O/c12-7-3-1-4-8(13)10(7)15-11(16)9-5-2-6-14-9/h1,3-4,9,14H,2,5-6H2,(H,15,16)/t9-/m0/s1. The molecule has 1 aliphatic heterocycles. The Morgan fingerprint density at radius 3 is 2.62 bits per heavy atom. The molecule has 0 spiro atoms. The van der Waals surface area contributed by atoms with E-state index in [1.807, 2.05) is 0 Å². The quantitative estimate of drug-likeness (QED) is 0.857. The van der Waals surface area contributed by atoms with Gasteiger partial charge in [-0.1, -0.05) is 29.3 Å². The van der Waals surface area contributed by atoms with Crippen LogP contribution in [0.4, 0.5) is 5.69 Å². The molecule has 2 N–H and O–H groups in total. The molecular weight excluding hydrogens is 247 g/mol. The molecule has 1 aromatic carbocycles. The number of rotatable bonds is 2. The summed E-state index contributed by atoms with van der Waals surface area (Å²) < 4.78 is 0. The summed E-state index contributed by atoms with van der Waals surface area (Å²) in [6.07, 6.45) is 1.88. The van der Waals surface area contributed by atoms with E-state index in [0.717, 1.165) is 19.4 Å². The van der Waals surface area contributed by atoms with Crippen LogP contribution >= 0.6 is 23.2 Å². The molecule has 1 aliphatic rings. The van der Waals surface area contributed by atoms with Gasteiger partial charge < -0.3 is 10.6 Å². The van der Waals surface area contributed by atoms with Crippen LogP contribution < -0.4 is 10.6 Å². The van der Waals surface area contributed by atoms with Gasteiger partial charge in [-0.3, -0.25) is 4.79 Å². The molecule has 1 saturated heterocycles. The molecule has 1 atom stereocenters. The molecule has 86 valence electrons. The van der Waals surface area contributed by atoms with Gasteiger partial charge in [0.05, 0.1) is 21.8 Å². The summed E-state index contributed by atoms with van der Waals surface area (Å²) in [7, 11) is 0. The van der Waals surface area contributed by atoms with E-state index in [1.165, 1.54) is 0 Å². The average Bonchev–Trinajstić information content (AvgIpc) is 2.76. The Morgan fingerprint density at radius 1 is 1.38 bits per heavy atom. The second-order valence-electron chi connectivity index (χ2n) is 3.73. The van der Waals surface area contributed by atoms with Crippen molar-refractivity contribution in [3.05, 3.63) is 28.2 Å². The molecule has 0 unspecified atom stereocenters. The molecule has 1 aromatic rings. The van der Waals surface area contributed by atoms with Crippen LogP contribution in [-0.4, -0.2) is 18.5 Å². The number of amides is 1. The minimum absolute atomic E-state index is 0.0764. The van der Waals surface area contributed by atoms with Crippen molar-refractivity contribution in [1.29, 1.82) is 0 Å². The fourth-order valence-corrected chi connectivity index (χ4v) is 2.23. The molecular formula is C11H12Cl2N2O. The third-order valence-electron chi connectivity index (χ3n) is 2.59. The summed E-state index contributed by atoms with van der Waals surface area (Å²) >= 11 is 11.9. The van der Waals surface area contributed by atoms with Crippen LogP contribution in [0.1, 0.15) is 12.8 Å². The Labute approximate surface area is 104 Å². The number of para-hydroxylation sites is 1. The van der Waals surface area contributed by atoms with Crippen molar-refractivity contribution < 1.29 is 4.79 Å². The zero-order chi connectivity index (χ0) is 11.5. The van der Waals surface area contributed by atoms with Crippen LogP contribution in [0.25, 0.3) is 0 Å². The van der Waals surface area contributed by atoms with Crippen molar-refractivity contribution in [3.8, 4) is 0 Å². The Kier molecular flexibility index (Phi) is 3.69. The number of hydrogen-bond donors (Lipinski definition) is 2. The lowest BCUT2D eigenvalue weighted by atomic mass is 10.2. The number of anilines is 1. The maximum absolute atomic E-state index is 11.8. The summed E-state index contributed by atoms with van der Waals surface area (Å²) in [5, 5.41) is 6.79. The van der Waals surface area contributed by atoms with Crippen LogP contribution in [0.5, 0.6) is 0 Å². The largest absolute Gasteiger partial charge is 0.322 e. The predicted octanol–water partition coefficient (Wildman–Crippen LogP) is 2.68. The first kappa shape index (κ1) is 11.7. The van der Waals surface area contributed by atoms with Crippen LogP contribution in [-0.2, 0) is 4.79 Å². The second-order valence-corrected chi connectivity index (χ2v) is 4.55. The Bertz CT molecular complexity index is 383. The second kappa shape index (κ2) is 5.04. The highest BCUT2D eigenvalue weighted by Gasteiger charge is 2.23. The highest BCUT2D eigenvalue weighted by atomic mass is 35.5. The van der Waals surface area contributed by atoms with Crippen molar-refractivity contribution in [2.75, 3.05) is 11.9 Å². The fraction of sp³-hybridized carbons (Fsp3) is 0.364. The van der Waals surface area contributed by atoms with Gasteiger partial charge in [0, 0.05) is 0 Å². The molecule has 1 amide bonds. The third kappa shape index (κ3) is 2.48. The molecule has 0 saturated carbocycles. The summed E-state index contributed by atoms with van der Waals surface area (Å²) in [4.78, 5) is 11.8. The van der Waals surface area contributed by atoms with Gasteiger partial charge in [-0.25, -0.2) is 0 Å². The van der Waals surface area contributed by atoms with Gasteiger partial charge in [0.2, 0.25) is 5.91 Å². The SMILES string of the molecule is O=C(Nc1c(Cl)cccc1Cl)[C@@H]1CCCN1. The zero-order valence-electron chi connectivity index (χ0n) is 8.59. The first-order valence-electron chi connectivity index (χ1n) is 5.17. The zero-order valence-corrected chi connectivity index (χ0v) is 10.1. The number of carbonyl (C=O) groups excluding carboxylic acids is 1. The molecule has 0 bridgehead atoms. The number of halogens is 2. The lowest BCUT2D eigenvalue weighted by Gasteiger charge is -2.13. The Balaban J connectivity index is 2.11. The van der Waals surface area contributed by atoms with E-state index in [4.69, 9.17) is 23.2 Å². The smallest absolute Gasteiger partial charge is 0.241 e. The van der Waals surface area contributed by atoms with E-state index < -0.39 is 0 Å². The number of nitrogens with one attached hydrogen (secondary N) is 2. The lowest BCUT2D eigenvalue weighted by Crippen LogP contribution is -2.35. The van der Waals surface area contributed by atoms with Crippen molar-refractivity contribution in [2.45, 2.75) is 18.9 Å². The Morgan fingerprint density at radius 2 is 2.06 bits per heavy atom. The van der Waals surface area contributed by atoms with Gasteiger partial charge in [0.25, 0.3) is 0 Å². The molecule has 3 nitrogen and oxygen atoms in total. The Hall–Kier alpha value is -0.770. The van der Waals surface area contributed by atoms with Gasteiger partial charge in [-0.05, 0) is 31.5 Å². The maximum Gasteiger partial charge on any atom is 0.241 e. The number of hydrogen-bond acceptors (Lipinski definition) is 2. The summed E-state index contributed by atoms with van der Waals surface area (Å²) in [6, 6.07) is 5.01. The predicted molar refractivity (Wildman–Crippen MR) is 66.1 cm³/mol. The van der Waals surface area contributed by atoms with E-state index in [1.54, 1.807) is 18.2 Å². The average molecular weight is 259 g/mol. The number of carbonyl (C=O) groups is 1. The van der Waals surface area contributed by atoms with E-state index in [0.29, 0.717) is 15.7 Å². The van der Waals surface area contributed by atoms with Crippen LogP contribution in [0, 0.1) is 0 Å². The molecule has 1 fully saturated rings. The molecule has 0 aliphatic carbocycles. The molecule has 16 heavy (non-hydrogen) atoms. The molecule has 0 radical (unpaired) electrons. The molecule has 5 heteroatoms. The van der Waals surface area contributed by atoms with Crippen molar-refractivity contribution in [2.24, 2.45) is 0 Å². The first-order valence-corrected chi connectivity index (χ1v) is 5.92. The van der Waals surface area contributed by atoms with Gasteiger partial charge in [-0.15, -0.1) is 0 Å². The van der Waals surface area contributed by atoms with Crippen molar-refractivity contribution in [1.82, 2.24) is 5.32 Å². The van der Waals surface area contributed by atoms with Gasteiger partial charge in [0.15, 0.2) is 0 Å². The van der Waals surface area contributed by atoms with Gasteiger partial charge in [0.1, 0.15) is 0 Å². The number of benzene rings is 1. The van der Waals surface area contributed by atoms with E-state index in [9.17, 15) is 4.79 Å². The molecule has 2 rings (SSSR count). The maximum atomic E-state index is 11.8. The topological polar surface area (TPSA) is 41.1 Å². The highest BCUT2D eigenvalue weighted by Crippen LogP contribution is 2.30. The molecule has 1 heterocycles. The van der Waals surface area contributed by atoms with Crippen molar-refractivity contribution >= 4 is 34.8 Å². The van der Waals surface area contributed by atoms with Crippen LogP contribution in [0.2, 0.25) is 10.0 Å². The van der Waals surface area contributed by atoms with Crippen molar-refractivity contribution in [3.63, 3.8) is 0 Å². The van der Waals surface area contributed by atoms with E-state index in [-0.39, 0.29) is 11.9 Å². The van der Waals surface area contributed by atoms with Gasteiger partial charge >= 0.3 is 0 Å². The van der Waals surface area contributed by atoms with Gasteiger partial charge in [-0.2, -0.15) is 0 Å². The summed E-state index contributed by atoms with van der Waals surface area (Å²) in [5.74, 6) is -0.0764. The minimum Gasteiger partial charge on any atom is -0.322 e. The molecule has 0 aromatic heterocycles. The third-order valence-corrected chi connectivity index (χ3v) is 3.22. The minimum atomic E-state index is -0.132. The lowest BCUT2D eigenvalue weighted by molar-refractivity contribution is -0.117. The first-order chi connectivity index (χ1) is 7.68. The normalized spacial score (nSPS) is 19.8. The fourth-order valence-electron chi connectivity index (χ4n) is 1.74. The monoisotopic (exact) mass is 258 g/mol. The highest BCUT2D eigenvalue weighted by molar-refractivity contribution is 6.39. The van der Waals surface area contributed by atoms with E-state index in [2.05, 4.69) is 10.6 Å².